The largest absolute Gasteiger partial charge is 0.494 e. The molecule has 3 aromatic carbocycles. The van der Waals surface area contributed by atoms with Crippen molar-refractivity contribution in [3.8, 4) is 5.75 Å². The molecule has 168 valence electrons. The van der Waals surface area contributed by atoms with Crippen LogP contribution >= 0.6 is 0 Å². The lowest BCUT2D eigenvalue weighted by Crippen LogP contribution is -2.32. The van der Waals surface area contributed by atoms with Crippen molar-refractivity contribution in [3.05, 3.63) is 89.9 Å². The molecule has 0 saturated heterocycles. The van der Waals surface area contributed by atoms with Gasteiger partial charge in [-0.05, 0) is 55.0 Å². The maximum Gasteiger partial charge on any atom is 0.282 e. The van der Waals surface area contributed by atoms with E-state index >= 15 is 0 Å². The SMILES string of the molecule is CCOc1cccc(NC2=C(c3ccc(F)cc3)C(=O)N(c3cccc(N(C)C)c3)C2=O)c1. The van der Waals surface area contributed by atoms with Crippen LogP contribution < -0.4 is 19.9 Å². The third kappa shape index (κ3) is 4.43. The number of carbonyl (C=O) groups is 2. The van der Waals surface area contributed by atoms with Crippen LogP contribution in [0.15, 0.2) is 78.5 Å². The Balaban J connectivity index is 1.79. The number of carbonyl (C=O) groups excluding carboxylic acids is 2. The summed E-state index contributed by atoms with van der Waals surface area (Å²) >= 11 is 0. The van der Waals surface area contributed by atoms with Crippen molar-refractivity contribution in [3.63, 3.8) is 0 Å². The van der Waals surface area contributed by atoms with Gasteiger partial charge in [0.1, 0.15) is 17.3 Å². The van der Waals surface area contributed by atoms with Crippen LogP contribution in [-0.2, 0) is 9.59 Å². The first-order chi connectivity index (χ1) is 15.9. The molecule has 0 saturated carbocycles. The normalized spacial score (nSPS) is 13.5. The van der Waals surface area contributed by atoms with E-state index < -0.39 is 17.6 Å². The first-order valence-electron chi connectivity index (χ1n) is 10.6. The van der Waals surface area contributed by atoms with E-state index in [-0.39, 0.29) is 11.3 Å². The number of nitrogens with zero attached hydrogens (tertiary/aromatic N) is 2. The Labute approximate surface area is 191 Å². The fraction of sp³-hybridized carbons (Fsp3) is 0.154. The van der Waals surface area contributed by atoms with Gasteiger partial charge in [-0.2, -0.15) is 0 Å². The smallest absolute Gasteiger partial charge is 0.282 e. The highest BCUT2D eigenvalue weighted by Crippen LogP contribution is 2.35. The molecule has 0 fully saturated rings. The van der Waals surface area contributed by atoms with E-state index in [0.717, 1.165) is 10.6 Å². The van der Waals surface area contributed by atoms with Gasteiger partial charge in [0.15, 0.2) is 0 Å². The fourth-order valence-corrected chi connectivity index (χ4v) is 3.65. The third-order valence-electron chi connectivity index (χ3n) is 5.24. The summed E-state index contributed by atoms with van der Waals surface area (Å²) in [5.74, 6) is -0.757. The van der Waals surface area contributed by atoms with Crippen molar-refractivity contribution in [2.24, 2.45) is 0 Å². The molecule has 0 unspecified atom stereocenters. The van der Waals surface area contributed by atoms with E-state index in [0.29, 0.717) is 29.3 Å². The van der Waals surface area contributed by atoms with Crippen molar-refractivity contribution >= 4 is 34.4 Å². The number of rotatable bonds is 7. The molecular weight excluding hydrogens is 421 g/mol. The van der Waals surface area contributed by atoms with Gasteiger partial charge in [0.05, 0.1) is 17.9 Å². The molecule has 0 bridgehead atoms. The highest BCUT2D eigenvalue weighted by molar-refractivity contribution is 6.46. The molecular formula is C26H24FN3O3. The van der Waals surface area contributed by atoms with Gasteiger partial charge < -0.3 is 15.0 Å². The second kappa shape index (κ2) is 9.16. The summed E-state index contributed by atoms with van der Waals surface area (Å²) < 4.78 is 19.1. The van der Waals surface area contributed by atoms with Gasteiger partial charge in [-0.15, -0.1) is 0 Å². The van der Waals surface area contributed by atoms with Gasteiger partial charge in [-0.25, -0.2) is 9.29 Å². The number of imide groups is 1. The van der Waals surface area contributed by atoms with Crippen LogP contribution in [0.3, 0.4) is 0 Å². The number of hydrogen-bond acceptors (Lipinski definition) is 5. The maximum absolute atomic E-state index is 13.6. The van der Waals surface area contributed by atoms with Crippen molar-refractivity contribution in [2.75, 3.05) is 35.8 Å². The predicted molar refractivity (Wildman–Crippen MR) is 128 cm³/mol. The number of halogens is 1. The molecule has 33 heavy (non-hydrogen) atoms. The Hall–Kier alpha value is -4.13. The van der Waals surface area contributed by atoms with Crippen LogP contribution in [0.2, 0.25) is 0 Å². The number of amides is 2. The first kappa shape index (κ1) is 22.1. The Morgan fingerprint density at radius 3 is 2.36 bits per heavy atom. The van der Waals surface area contributed by atoms with Gasteiger partial charge in [0.25, 0.3) is 11.8 Å². The lowest BCUT2D eigenvalue weighted by Gasteiger charge is -2.19. The highest BCUT2D eigenvalue weighted by atomic mass is 19.1. The van der Waals surface area contributed by atoms with Crippen LogP contribution in [0.25, 0.3) is 5.57 Å². The molecule has 0 aromatic heterocycles. The number of ether oxygens (including phenoxy) is 1. The average molecular weight is 445 g/mol. The van der Waals surface area contributed by atoms with Gasteiger partial charge in [-0.3, -0.25) is 9.59 Å². The molecule has 1 heterocycles. The van der Waals surface area contributed by atoms with Gasteiger partial charge in [-0.1, -0.05) is 24.3 Å². The third-order valence-corrected chi connectivity index (χ3v) is 5.24. The molecule has 6 nitrogen and oxygen atoms in total. The van der Waals surface area contributed by atoms with Crippen LogP contribution in [0.4, 0.5) is 21.5 Å². The zero-order valence-electron chi connectivity index (χ0n) is 18.6. The molecule has 0 aliphatic carbocycles. The van der Waals surface area contributed by atoms with Crippen molar-refractivity contribution in [2.45, 2.75) is 6.92 Å². The molecule has 7 heteroatoms. The molecule has 2 amide bonds. The second-order valence-electron chi connectivity index (χ2n) is 7.70. The number of anilines is 3. The molecule has 4 rings (SSSR count). The highest BCUT2D eigenvalue weighted by Gasteiger charge is 2.40. The summed E-state index contributed by atoms with van der Waals surface area (Å²) in [4.78, 5) is 30.1. The quantitative estimate of drug-likeness (QED) is 0.535. The molecule has 0 radical (unpaired) electrons. The standard InChI is InChI=1S/C26H24FN3O3/c1-4-33-22-10-5-7-19(15-22)28-24-23(17-11-13-18(27)14-12-17)25(31)30(26(24)32)21-9-6-8-20(16-21)29(2)3/h5-16,28H,4H2,1-3H3. The van der Waals surface area contributed by atoms with Crippen LogP contribution in [0.5, 0.6) is 5.75 Å². The van der Waals surface area contributed by atoms with E-state index in [4.69, 9.17) is 4.74 Å². The van der Waals surface area contributed by atoms with E-state index in [9.17, 15) is 14.0 Å². The second-order valence-corrected chi connectivity index (χ2v) is 7.70. The molecule has 0 atom stereocenters. The molecule has 1 aliphatic heterocycles. The molecule has 3 aromatic rings. The summed E-state index contributed by atoms with van der Waals surface area (Å²) in [6.07, 6.45) is 0. The summed E-state index contributed by atoms with van der Waals surface area (Å²) in [5.41, 5.74) is 2.65. The number of nitrogens with one attached hydrogen (secondary N) is 1. The minimum atomic E-state index is -0.489. The number of hydrogen-bond donors (Lipinski definition) is 1. The Morgan fingerprint density at radius 1 is 0.939 bits per heavy atom. The van der Waals surface area contributed by atoms with Gasteiger partial charge in [0.2, 0.25) is 0 Å². The Morgan fingerprint density at radius 2 is 1.67 bits per heavy atom. The van der Waals surface area contributed by atoms with E-state index in [1.165, 1.54) is 24.3 Å². The van der Waals surface area contributed by atoms with Gasteiger partial charge >= 0.3 is 0 Å². The predicted octanol–water partition coefficient (Wildman–Crippen LogP) is 4.69. The lowest BCUT2D eigenvalue weighted by molar-refractivity contribution is -0.120. The van der Waals surface area contributed by atoms with E-state index in [1.54, 1.807) is 36.4 Å². The van der Waals surface area contributed by atoms with Crippen molar-refractivity contribution in [1.82, 2.24) is 0 Å². The van der Waals surface area contributed by atoms with E-state index in [2.05, 4.69) is 5.32 Å². The van der Waals surface area contributed by atoms with Crippen molar-refractivity contribution < 1.29 is 18.7 Å². The average Bonchev–Trinajstić information content (AvgIpc) is 3.04. The van der Waals surface area contributed by atoms with Crippen LogP contribution in [0.1, 0.15) is 12.5 Å². The topological polar surface area (TPSA) is 61.9 Å². The first-order valence-corrected chi connectivity index (χ1v) is 10.6. The Kier molecular flexibility index (Phi) is 6.13. The summed E-state index contributed by atoms with van der Waals surface area (Å²) in [6, 6.07) is 19.8. The zero-order valence-corrected chi connectivity index (χ0v) is 18.6. The van der Waals surface area contributed by atoms with Crippen molar-refractivity contribution in [1.29, 1.82) is 0 Å². The molecule has 1 aliphatic rings. The van der Waals surface area contributed by atoms with Crippen LogP contribution in [0, 0.1) is 5.82 Å². The minimum Gasteiger partial charge on any atom is -0.494 e. The van der Waals surface area contributed by atoms with E-state index in [1.807, 2.05) is 38.1 Å². The monoisotopic (exact) mass is 445 g/mol. The minimum absolute atomic E-state index is 0.121. The molecule has 0 spiro atoms. The lowest BCUT2D eigenvalue weighted by atomic mass is 10.0. The summed E-state index contributed by atoms with van der Waals surface area (Å²) in [7, 11) is 3.76. The number of benzene rings is 3. The Bertz CT molecular complexity index is 1240. The summed E-state index contributed by atoms with van der Waals surface area (Å²) in [6.45, 7) is 2.38. The van der Waals surface area contributed by atoms with Crippen LogP contribution in [-0.4, -0.2) is 32.5 Å². The van der Waals surface area contributed by atoms with Gasteiger partial charge in [0, 0.05) is 31.5 Å². The fourth-order valence-electron chi connectivity index (χ4n) is 3.65. The summed E-state index contributed by atoms with van der Waals surface area (Å²) in [5, 5.41) is 3.10. The maximum atomic E-state index is 13.6. The molecule has 1 N–H and O–H groups in total. The zero-order chi connectivity index (χ0) is 23.5.